The monoisotopic (exact) mass is 295 g/mol. The van der Waals surface area contributed by atoms with Crippen LogP contribution in [0.4, 0.5) is 0 Å². The maximum atomic E-state index is 5.39. The van der Waals surface area contributed by atoms with Gasteiger partial charge in [0.1, 0.15) is 0 Å². The van der Waals surface area contributed by atoms with E-state index < -0.39 is 0 Å². The summed E-state index contributed by atoms with van der Waals surface area (Å²) in [6.07, 6.45) is 9.25. The van der Waals surface area contributed by atoms with Crippen LogP contribution in [0.15, 0.2) is 12.3 Å². The molecule has 5 heteroatoms. The van der Waals surface area contributed by atoms with Gasteiger partial charge in [0.05, 0.1) is 17.8 Å². The van der Waals surface area contributed by atoms with Gasteiger partial charge in [-0.2, -0.15) is 5.10 Å². The van der Waals surface area contributed by atoms with Crippen molar-refractivity contribution in [3.63, 3.8) is 0 Å². The Bertz CT molecular complexity index is 398. The summed E-state index contributed by atoms with van der Waals surface area (Å²) in [5.74, 6) is 0. The minimum atomic E-state index is -0.246. The fourth-order valence-electron chi connectivity index (χ4n) is 3.21. The number of nitrogens with one attached hydrogen (secondary N) is 1. The van der Waals surface area contributed by atoms with Gasteiger partial charge in [0.15, 0.2) is 6.29 Å². The Morgan fingerprint density at radius 3 is 2.62 bits per heavy atom. The molecule has 1 N–H and O–H groups in total. The van der Waals surface area contributed by atoms with Gasteiger partial charge in [-0.15, -0.1) is 0 Å². The third-order valence-electron chi connectivity index (χ3n) is 4.30. The van der Waals surface area contributed by atoms with E-state index in [1.54, 1.807) is 14.2 Å². The van der Waals surface area contributed by atoms with E-state index >= 15 is 0 Å². The van der Waals surface area contributed by atoms with Crippen LogP contribution in [-0.4, -0.2) is 42.9 Å². The molecule has 1 aliphatic rings. The van der Waals surface area contributed by atoms with Crippen LogP contribution in [0, 0.1) is 0 Å². The first-order valence-corrected chi connectivity index (χ1v) is 8.11. The highest BCUT2D eigenvalue weighted by atomic mass is 16.7. The lowest BCUT2D eigenvalue weighted by Gasteiger charge is -2.25. The van der Waals surface area contributed by atoms with Crippen LogP contribution in [0.25, 0.3) is 0 Å². The van der Waals surface area contributed by atoms with Gasteiger partial charge in [-0.05, 0) is 25.5 Å². The smallest absolute Gasteiger partial charge is 0.172 e. The lowest BCUT2D eigenvalue weighted by atomic mass is 9.96. The van der Waals surface area contributed by atoms with Gasteiger partial charge in [0.2, 0.25) is 0 Å². The van der Waals surface area contributed by atoms with Gasteiger partial charge >= 0.3 is 0 Å². The Labute approximate surface area is 128 Å². The van der Waals surface area contributed by atoms with Crippen molar-refractivity contribution in [3.05, 3.63) is 18.0 Å². The zero-order valence-corrected chi connectivity index (χ0v) is 13.5. The fraction of sp³-hybridized carbons (Fsp3) is 0.812. The number of hydrogen-bond donors (Lipinski definition) is 1. The van der Waals surface area contributed by atoms with Crippen molar-refractivity contribution in [3.8, 4) is 0 Å². The van der Waals surface area contributed by atoms with Crippen LogP contribution in [0.3, 0.4) is 0 Å². The summed E-state index contributed by atoms with van der Waals surface area (Å²) in [5, 5.41) is 8.20. The Morgan fingerprint density at radius 1 is 1.29 bits per heavy atom. The molecule has 1 heterocycles. The van der Waals surface area contributed by atoms with E-state index in [1.165, 1.54) is 32.1 Å². The van der Waals surface area contributed by atoms with Crippen LogP contribution in [0.5, 0.6) is 0 Å². The third kappa shape index (κ3) is 4.53. The van der Waals surface area contributed by atoms with Crippen LogP contribution in [0.2, 0.25) is 0 Å². The molecule has 5 nitrogen and oxygen atoms in total. The van der Waals surface area contributed by atoms with E-state index in [1.807, 2.05) is 0 Å². The Morgan fingerprint density at radius 2 is 2.00 bits per heavy atom. The molecule has 0 aromatic carbocycles. The zero-order valence-electron chi connectivity index (χ0n) is 13.5. The Kier molecular flexibility index (Phi) is 6.67. The quantitative estimate of drug-likeness (QED) is 0.749. The van der Waals surface area contributed by atoms with Crippen molar-refractivity contribution in [2.24, 2.45) is 0 Å². The van der Waals surface area contributed by atoms with E-state index in [0.717, 1.165) is 18.7 Å². The minimum Gasteiger partial charge on any atom is -0.354 e. The number of nitrogens with zero attached hydrogens (tertiary/aromatic N) is 2. The number of methoxy groups -OCH3 is 2. The van der Waals surface area contributed by atoms with Crippen LogP contribution >= 0.6 is 0 Å². The van der Waals surface area contributed by atoms with Crippen LogP contribution in [0.1, 0.15) is 50.8 Å². The summed E-state index contributed by atoms with van der Waals surface area (Å²) < 4.78 is 12.9. The largest absolute Gasteiger partial charge is 0.354 e. The minimum absolute atomic E-state index is 0.125. The summed E-state index contributed by atoms with van der Waals surface area (Å²) in [7, 11) is 3.36. The molecule has 0 radical (unpaired) electrons. The first kappa shape index (κ1) is 16.5. The summed E-state index contributed by atoms with van der Waals surface area (Å²) >= 11 is 0. The standard InChI is InChI=1S/C16H29N3O2/c1-4-17-15(16(20-2)21-3)12-13-10-11-19(18-13)14-8-6-5-7-9-14/h10-11,14-17H,4-9,12H2,1-3H3. The summed E-state index contributed by atoms with van der Waals surface area (Å²) in [6, 6.07) is 2.84. The van der Waals surface area contributed by atoms with Crippen molar-refractivity contribution in [2.75, 3.05) is 20.8 Å². The normalized spacial score (nSPS) is 18.3. The molecule has 1 aromatic heterocycles. The second kappa shape index (κ2) is 8.51. The molecule has 0 saturated heterocycles. The van der Waals surface area contributed by atoms with E-state index in [2.05, 4.69) is 29.2 Å². The van der Waals surface area contributed by atoms with E-state index in [0.29, 0.717) is 6.04 Å². The molecule has 0 amide bonds. The maximum absolute atomic E-state index is 5.39. The molecule has 1 atom stereocenters. The second-order valence-electron chi connectivity index (χ2n) is 5.79. The van der Waals surface area contributed by atoms with E-state index in [4.69, 9.17) is 14.6 Å². The molecule has 0 spiro atoms. The van der Waals surface area contributed by atoms with E-state index in [9.17, 15) is 0 Å². The highest BCUT2D eigenvalue weighted by molar-refractivity contribution is 5.03. The third-order valence-corrected chi connectivity index (χ3v) is 4.30. The number of rotatable bonds is 8. The van der Waals surface area contributed by atoms with Crippen molar-refractivity contribution in [2.45, 2.75) is 63.8 Å². The number of aromatic nitrogens is 2. The topological polar surface area (TPSA) is 48.3 Å². The molecule has 1 unspecified atom stereocenters. The first-order chi connectivity index (χ1) is 10.3. The molecule has 120 valence electrons. The maximum Gasteiger partial charge on any atom is 0.172 e. The molecule has 1 saturated carbocycles. The van der Waals surface area contributed by atoms with Crippen LogP contribution in [-0.2, 0) is 15.9 Å². The highest BCUT2D eigenvalue weighted by Crippen LogP contribution is 2.27. The molecule has 1 fully saturated rings. The van der Waals surface area contributed by atoms with Gasteiger partial charge < -0.3 is 14.8 Å². The van der Waals surface area contributed by atoms with Gasteiger partial charge in [0.25, 0.3) is 0 Å². The van der Waals surface area contributed by atoms with Gasteiger partial charge in [0, 0.05) is 26.8 Å². The number of likely N-dealkylation sites (N-methyl/N-ethyl adjacent to an activating group) is 1. The van der Waals surface area contributed by atoms with Gasteiger partial charge in [-0.3, -0.25) is 4.68 Å². The first-order valence-electron chi connectivity index (χ1n) is 8.11. The molecule has 0 aliphatic heterocycles. The highest BCUT2D eigenvalue weighted by Gasteiger charge is 2.22. The van der Waals surface area contributed by atoms with Crippen molar-refractivity contribution in [1.29, 1.82) is 0 Å². The molecule has 0 bridgehead atoms. The van der Waals surface area contributed by atoms with E-state index in [-0.39, 0.29) is 12.3 Å². The molecule has 1 aromatic rings. The Balaban J connectivity index is 1.98. The van der Waals surface area contributed by atoms with Gasteiger partial charge in [-0.25, -0.2) is 0 Å². The zero-order chi connectivity index (χ0) is 15.1. The second-order valence-corrected chi connectivity index (χ2v) is 5.79. The summed E-state index contributed by atoms with van der Waals surface area (Å²) in [4.78, 5) is 0. The summed E-state index contributed by atoms with van der Waals surface area (Å²) in [6.45, 7) is 2.98. The lowest BCUT2D eigenvalue weighted by Crippen LogP contribution is -2.43. The van der Waals surface area contributed by atoms with Crippen molar-refractivity contribution >= 4 is 0 Å². The predicted octanol–water partition coefficient (Wildman–Crippen LogP) is 2.53. The van der Waals surface area contributed by atoms with Gasteiger partial charge in [-0.1, -0.05) is 26.2 Å². The SMILES string of the molecule is CCNC(Cc1ccn(C2CCCCC2)n1)C(OC)OC. The predicted molar refractivity (Wildman–Crippen MR) is 83.3 cm³/mol. The number of hydrogen-bond acceptors (Lipinski definition) is 4. The molecule has 1 aliphatic carbocycles. The van der Waals surface area contributed by atoms with Crippen molar-refractivity contribution < 1.29 is 9.47 Å². The van der Waals surface area contributed by atoms with Crippen molar-refractivity contribution in [1.82, 2.24) is 15.1 Å². The average Bonchev–Trinajstić information content (AvgIpc) is 2.98. The molecular weight excluding hydrogens is 266 g/mol. The lowest BCUT2D eigenvalue weighted by molar-refractivity contribution is -0.122. The fourth-order valence-corrected chi connectivity index (χ4v) is 3.21. The molecular formula is C16H29N3O2. The number of ether oxygens (including phenoxy) is 2. The average molecular weight is 295 g/mol. The molecule has 2 rings (SSSR count). The Hall–Kier alpha value is -0.910. The van der Waals surface area contributed by atoms with Crippen LogP contribution < -0.4 is 5.32 Å². The molecule has 21 heavy (non-hydrogen) atoms. The summed E-state index contributed by atoms with van der Waals surface area (Å²) in [5.41, 5.74) is 1.10.